The Labute approximate surface area is 186 Å². The number of halogens is 1. The van der Waals surface area contributed by atoms with E-state index in [0.29, 0.717) is 17.9 Å². The lowest BCUT2D eigenvalue weighted by atomic mass is 10.0. The number of hydrogen-bond donors (Lipinski definition) is 4. The molecule has 4 aromatic rings. The van der Waals surface area contributed by atoms with Crippen molar-refractivity contribution in [2.24, 2.45) is 0 Å². The van der Waals surface area contributed by atoms with Crippen molar-refractivity contribution in [2.45, 2.75) is 12.8 Å². The van der Waals surface area contributed by atoms with Gasteiger partial charge >= 0.3 is 0 Å². The summed E-state index contributed by atoms with van der Waals surface area (Å²) in [7, 11) is 0. The van der Waals surface area contributed by atoms with Crippen molar-refractivity contribution in [2.75, 3.05) is 0 Å². The molecule has 0 radical (unpaired) electrons. The molecule has 0 saturated heterocycles. The molecule has 0 aliphatic rings. The SMILES string of the molecule is Oc1ccc(Cc2ccc(Cl)cc2)c(O)c1.Oc1ccc(Cc2ccccc2)c(O)c1. The molecule has 4 N–H and O–H groups in total. The van der Waals surface area contributed by atoms with Gasteiger partial charge in [0.15, 0.2) is 0 Å². The molecule has 4 nitrogen and oxygen atoms in total. The summed E-state index contributed by atoms with van der Waals surface area (Å²) in [4.78, 5) is 0. The fourth-order valence-electron chi connectivity index (χ4n) is 3.04. The van der Waals surface area contributed by atoms with Gasteiger partial charge in [-0.2, -0.15) is 0 Å². The zero-order chi connectivity index (χ0) is 22.2. The van der Waals surface area contributed by atoms with Gasteiger partial charge in [-0.05, 0) is 46.5 Å². The van der Waals surface area contributed by atoms with E-state index in [9.17, 15) is 10.2 Å². The van der Waals surface area contributed by atoms with E-state index in [2.05, 4.69) is 0 Å². The van der Waals surface area contributed by atoms with Gasteiger partial charge in [0.2, 0.25) is 0 Å². The molecule has 0 aromatic heterocycles. The summed E-state index contributed by atoms with van der Waals surface area (Å²) < 4.78 is 0. The fraction of sp³-hybridized carbons (Fsp3) is 0.0769. The van der Waals surface area contributed by atoms with Gasteiger partial charge in [0.05, 0.1) is 0 Å². The third-order valence-electron chi connectivity index (χ3n) is 4.68. The third kappa shape index (κ3) is 6.69. The second kappa shape index (κ2) is 10.4. The maximum absolute atomic E-state index is 9.62. The Morgan fingerprint density at radius 2 is 0.968 bits per heavy atom. The molecule has 0 spiro atoms. The largest absolute Gasteiger partial charge is 0.508 e. The first kappa shape index (κ1) is 22.1. The van der Waals surface area contributed by atoms with Crippen LogP contribution in [0.2, 0.25) is 5.02 Å². The van der Waals surface area contributed by atoms with E-state index in [1.54, 1.807) is 24.3 Å². The van der Waals surface area contributed by atoms with Gasteiger partial charge in [0.25, 0.3) is 0 Å². The summed E-state index contributed by atoms with van der Waals surface area (Å²) in [6, 6.07) is 26.6. The average Bonchev–Trinajstić information content (AvgIpc) is 2.75. The van der Waals surface area contributed by atoms with E-state index >= 15 is 0 Å². The molecule has 158 valence electrons. The van der Waals surface area contributed by atoms with Crippen LogP contribution in [0.1, 0.15) is 22.3 Å². The summed E-state index contributed by atoms with van der Waals surface area (Å²) >= 11 is 5.78. The summed E-state index contributed by atoms with van der Waals surface area (Å²) in [5, 5.41) is 38.2. The van der Waals surface area contributed by atoms with Gasteiger partial charge in [-0.15, -0.1) is 0 Å². The highest BCUT2D eigenvalue weighted by molar-refractivity contribution is 6.30. The predicted octanol–water partition coefficient (Wildman–Crippen LogP) is 6.03. The van der Waals surface area contributed by atoms with Crippen molar-refractivity contribution in [1.29, 1.82) is 0 Å². The molecule has 0 bridgehead atoms. The van der Waals surface area contributed by atoms with Crippen LogP contribution in [0, 0.1) is 0 Å². The summed E-state index contributed by atoms with van der Waals surface area (Å²) in [6.45, 7) is 0. The van der Waals surface area contributed by atoms with E-state index in [4.69, 9.17) is 21.8 Å². The molecule has 4 rings (SSSR count). The summed E-state index contributed by atoms with van der Waals surface area (Å²) in [6.07, 6.45) is 1.29. The second-order valence-corrected chi connectivity index (χ2v) is 7.53. The number of rotatable bonds is 4. The van der Waals surface area contributed by atoms with Crippen LogP contribution in [0.25, 0.3) is 0 Å². The Hall–Kier alpha value is -3.63. The molecule has 0 atom stereocenters. The van der Waals surface area contributed by atoms with Crippen molar-refractivity contribution >= 4 is 11.6 Å². The molecule has 0 heterocycles. The lowest BCUT2D eigenvalue weighted by Gasteiger charge is -2.05. The minimum atomic E-state index is 0.0670. The monoisotopic (exact) mass is 434 g/mol. The predicted molar refractivity (Wildman–Crippen MR) is 123 cm³/mol. The average molecular weight is 435 g/mol. The van der Waals surface area contributed by atoms with Crippen LogP contribution >= 0.6 is 11.6 Å². The Morgan fingerprint density at radius 1 is 0.516 bits per heavy atom. The van der Waals surface area contributed by atoms with Gasteiger partial charge in [-0.25, -0.2) is 0 Å². The summed E-state index contributed by atoms with van der Waals surface area (Å²) in [5.41, 5.74) is 3.79. The highest BCUT2D eigenvalue weighted by atomic mass is 35.5. The molecule has 5 heteroatoms. The first-order valence-electron chi connectivity index (χ1n) is 9.71. The van der Waals surface area contributed by atoms with Gasteiger partial charge in [0.1, 0.15) is 23.0 Å². The van der Waals surface area contributed by atoms with Crippen molar-refractivity contribution in [3.63, 3.8) is 0 Å². The Morgan fingerprint density at radius 3 is 1.42 bits per heavy atom. The first-order chi connectivity index (χ1) is 14.9. The van der Waals surface area contributed by atoms with Crippen molar-refractivity contribution in [1.82, 2.24) is 0 Å². The Balaban J connectivity index is 0.000000176. The van der Waals surface area contributed by atoms with E-state index in [-0.39, 0.29) is 23.0 Å². The molecule has 0 amide bonds. The third-order valence-corrected chi connectivity index (χ3v) is 4.93. The number of phenolic OH excluding ortho intramolecular Hbond substituents is 4. The number of phenols is 4. The van der Waals surface area contributed by atoms with Gasteiger partial charge in [-0.1, -0.05) is 66.2 Å². The number of hydrogen-bond acceptors (Lipinski definition) is 4. The van der Waals surface area contributed by atoms with Crippen LogP contribution in [-0.2, 0) is 12.8 Å². The van der Waals surface area contributed by atoms with Gasteiger partial charge in [0, 0.05) is 30.0 Å². The fourth-order valence-corrected chi connectivity index (χ4v) is 3.17. The highest BCUT2D eigenvalue weighted by Gasteiger charge is 2.04. The minimum absolute atomic E-state index is 0.0670. The van der Waals surface area contributed by atoms with Crippen LogP contribution in [0.5, 0.6) is 23.0 Å². The van der Waals surface area contributed by atoms with Crippen LogP contribution in [0.3, 0.4) is 0 Å². The van der Waals surface area contributed by atoms with E-state index in [1.165, 1.54) is 12.1 Å². The van der Waals surface area contributed by atoms with E-state index in [1.807, 2.05) is 54.6 Å². The molecule has 0 unspecified atom stereocenters. The Bertz CT molecular complexity index is 1130. The molecule has 0 aliphatic carbocycles. The second-order valence-electron chi connectivity index (χ2n) is 7.09. The van der Waals surface area contributed by atoms with Crippen LogP contribution in [0.15, 0.2) is 91.0 Å². The zero-order valence-corrected chi connectivity index (χ0v) is 17.5. The zero-order valence-electron chi connectivity index (χ0n) is 16.7. The normalized spacial score (nSPS) is 10.2. The topological polar surface area (TPSA) is 80.9 Å². The van der Waals surface area contributed by atoms with E-state index in [0.717, 1.165) is 22.3 Å². The van der Waals surface area contributed by atoms with Crippen LogP contribution in [-0.4, -0.2) is 20.4 Å². The number of benzene rings is 4. The van der Waals surface area contributed by atoms with Gasteiger partial charge in [-0.3, -0.25) is 0 Å². The quantitative estimate of drug-likeness (QED) is 0.316. The molecule has 0 fully saturated rings. The van der Waals surface area contributed by atoms with Gasteiger partial charge < -0.3 is 20.4 Å². The lowest BCUT2D eigenvalue weighted by Crippen LogP contribution is -1.88. The van der Waals surface area contributed by atoms with E-state index < -0.39 is 0 Å². The standard InChI is InChI=1S/C13H11ClO2.C13H12O2/c14-11-4-1-9(2-5-11)7-10-3-6-12(15)8-13(10)16;14-12-7-6-11(13(15)9-12)8-10-4-2-1-3-5-10/h1-6,8,15-16H,7H2;1-7,9,14-15H,8H2. The number of aromatic hydroxyl groups is 4. The molecular formula is C26H23ClO4. The molecular weight excluding hydrogens is 412 g/mol. The molecule has 0 aliphatic heterocycles. The van der Waals surface area contributed by atoms with Crippen molar-refractivity contribution in [3.05, 3.63) is 118 Å². The smallest absolute Gasteiger partial charge is 0.122 e. The molecule has 31 heavy (non-hydrogen) atoms. The van der Waals surface area contributed by atoms with Crippen LogP contribution in [0.4, 0.5) is 0 Å². The highest BCUT2D eigenvalue weighted by Crippen LogP contribution is 2.26. The maximum Gasteiger partial charge on any atom is 0.122 e. The Kier molecular flexibility index (Phi) is 7.41. The molecule has 0 saturated carbocycles. The minimum Gasteiger partial charge on any atom is -0.508 e. The van der Waals surface area contributed by atoms with Crippen LogP contribution < -0.4 is 0 Å². The molecule has 4 aromatic carbocycles. The first-order valence-corrected chi connectivity index (χ1v) is 10.1. The van der Waals surface area contributed by atoms with Crippen molar-refractivity contribution in [3.8, 4) is 23.0 Å². The van der Waals surface area contributed by atoms with Crippen molar-refractivity contribution < 1.29 is 20.4 Å². The summed E-state index contributed by atoms with van der Waals surface area (Å²) in [5.74, 6) is 0.399. The lowest BCUT2D eigenvalue weighted by molar-refractivity contribution is 0.446. The maximum atomic E-state index is 9.62.